The first-order valence-electron chi connectivity index (χ1n) is 10.6. The minimum absolute atomic E-state index is 0.00269. The van der Waals surface area contributed by atoms with Crippen molar-refractivity contribution in [2.24, 2.45) is 0 Å². The third-order valence-corrected chi connectivity index (χ3v) is 7.62. The van der Waals surface area contributed by atoms with Crippen LogP contribution >= 0.6 is 0 Å². The molecule has 0 aromatic heterocycles. The van der Waals surface area contributed by atoms with Gasteiger partial charge in [0.25, 0.3) is 5.91 Å². The summed E-state index contributed by atoms with van der Waals surface area (Å²) >= 11 is 0. The van der Waals surface area contributed by atoms with Crippen molar-refractivity contribution in [2.45, 2.75) is 63.5 Å². The van der Waals surface area contributed by atoms with E-state index in [0.29, 0.717) is 12.0 Å². The summed E-state index contributed by atoms with van der Waals surface area (Å²) in [6.45, 7) is -0.411. The number of ether oxygens (including phenoxy) is 1. The van der Waals surface area contributed by atoms with Crippen LogP contribution in [0, 0.1) is 0 Å². The number of benzene rings is 1. The van der Waals surface area contributed by atoms with Gasteiger partial charge in [-0.3, -0.25) is 14.4 Å². The highest BCUT2D eigenvalue weighted by atomic mass is 32.2. The van der Waals surface area contributed by atoms with E-state index in [1.165, 1.54) is 0 Å². The second-order valence-corrected chi connectivity index (χ2v) is 10.3. The highest BCUT2D eigenvalue weighted by molar-refractivity contribution is 7.91. The maximum absolute atomic E-state index is 12.9. The van der Waals surface area contributed by atoms with Crippen molar-refractivity contribution in [1.29, 1.82) is 0 Å². The summed E-state index contributed by atoms with van der Waals surface area (Å²) in [6, 6.07) is 8.36. The summed E-state index contributed by atoms with van der Waals surface area (Å²) in [5.41, 5.74) is 0.535. The Morgan fingerprint density at radius 2 is 1.63 bits per heavy atom. The van der Waals surface area contributed by atoms with Gasteiger partial charge in [-0.1, -0.05) is 49.6 Å². The molecule has 1 amide bonds. The minimum Gasteiger partial charge on any atom is -0.456 e. The molecule has 1 aromatic carbocycles. The largest absolute Gasteiger partial charge is 0.456 e. The number of hydrogen-bond donors (Lipinski definition) is 0. The number of carbonyl (C=O) groups is 3. The fraction of sp³-hybridized carbons (Fsp3) is 0.591. The van der Waals surface area contributed by atoms with Crippen LogP contribution in [0.4, 0.5) is 0 Å². The van der Waals surface area contributed by atoms with Crippen LogP contribution in [0.2, 0.25) is 0 Å². The van der Waals surface area contributed by atoms with Crippen molar-refractivity contribution >= 4 is 27.5 Å². The standard InChI is InChI=1S/C22H29NO6S/c24-20(17-7-3-1-4-8-17)11-12-22(26)29-15-21(25)23(18-9-5-2-6-10-18)19-13-14-30(27,28)16-19/h1,3-4,7-8,18-19H,2,5-6,9-16H2. The van der Waals surface area contributed by atoms with Gasteiger partial charge in [0.2, 0.25) is 0 Å². The molecule has 1 heterocycles. The first-order valence-corrected chi connectivity index (χ1v) is 12.4. The highest BCUT2D eigenvalue weighted by Gasteiger charge is 2.38. The summed E-state index contributed by atoms with van der Waals surface area (Å²) < 4.78 is 29.0. The number of rotatable bonds is 8. The Morgan fingerprint density at radius 3 is 2.27 bits per heavy atom. The van der Waals surface area contributed by atoms with Gasteiger partial charge in [0.15, 0.2) is 22.2 Å². The fourth-order valence-corrected chi connectivity index (χ4v) is 6.04. The van der Waals surface area contributed by atoms with Crippen LogP contribution in [-0.4, -0.2) is 61.2 Å². The molecule has 0 bridgehead atoms. The van der Waals surface area contributed by atoms with Crippen molar-refractivity contribution in [3.63, 3.8) is 0 Å². The van der Waals surface area contributed by atoms with E-state index in [9.17, 15) is 22.8 Å². The zero-order valence-corrected chi connectivity index (χ0v) is 17.9. The van der Waals surface area contributed by atoms with Crippen molar-refractivity contribution in [3.8, 4) is 0 Å². The second-order valence-electron chi connectivity index (χ2n) is 8.10. The van der Waals surface area contributed by atoms with Crippen molar-refractivity contribution in [3.05, 3.63) is 35.9 Å². The van der Waals surface area contributed by atoms with E-state index >= 15 is 0 Å². The molecule has 0 radical (unpaired) electrons. The zero-order valence-electron chi connectivity index (χ0n) is 17.1. The van der Waals surface area contributed by atoms with E-state index in [2.05, 4.69) is 0 Å². The summed E-state index contributed by atoms with van der Waals surface area (Å²) in [5, 5.41) is 0. The normalized spacial score (nSPS) is 21.1. The van der Waals surface area contributed by atoms with Gasteiger partial charge >= 0.3 is 5.97 Å². The average Bonchev–Trinajstić information content (AvgIpc) is 3.11. The topological polar surface area (TPSA) is 97.8 Å². The molecule has 1 saturated carbocycles. The molecule has 1 atom stereocenters. The Labute approximate surface area is 177 Å². The van der Waals surface area contributed by atoms with Crippen LogP contribution in [0.15, 0.2) is 30.3 Å². The number of hydrogen-bond acceptors (Lipinski definition) is 6. The van der Waals surface area contributed by atoms with Crippen LogP contribution in [0.3, 0.4) is 0 Å². The van der Waals surface area contributed by atoms with Gasteiger partial charge in [0.1, 0.15) is 0 Å². The van der Waals surface area contributed by atoms with Crippen LogP contribution < -0.4 is 0 Å². The van der Waals surface area contributed by atoms with Crippen molar-refractivity contribution < 1.29 is 27.5 Å². The number of Topliss-reactive ketones (excluding diaryl/α,β-unsaturated/α-hetero) is 1. The first-order chi connectivity index (χ1) is 14.4. The number of sulfone groups is 1. The minimum atomic E-state index is -3.13. The Bertz CT molecular complexity index is 861. The second kappa shape index (κ2) is 10.2. The summed E-state index contributed by atoms with van der Waals surface area (Å²) in [5.74, 6) is -1.02. The SMILES string of the molecule is O=C(CCC(=O)c1ccccc1)OCC(=O)N(C1CCCCC1)C1CCS(=O)(=O)C1. The summed E-state index contributed by atoms with van der Waals surface area (Å²) in [4.78, 5) is 38.7. The molecular formula is C22H29NO6S. The van der Waals surface area contributed by atoms with Gasteiger partial charge < -0.3 is 9.64 Å². The van der Waals surface area contributed by atoms with E-state index in [4.69, 9.17) is 4.74 Å². The van der Waals surface area contributed by atoms with E-state index in [1.54, 1.807) is 29.2 Å². The van der Waals surface area contributed by atoms with Crippen LogP contribution in [0.5, 0.6) is 0 Å². The molecule has 1 unspecified atom stereocenters. The fourth-order valence-electron chi connectivity index (χ4n) is 4.33. The Balaban J connectivity index is 1.53. The smallest absolute Gasteiger partial charge is 0.306 e. The number of carbonyl (C=O) groups excluding carboxylic acids is 3. The van der Waals surface area contributed by atoms with Gasteiger partial charge in [-0.15, -0.1) is 0 Å². The van der Waals surface area contributed by atoms with E-state index in [1.807, 2.05) is 6.07 Å². The summed E-state index contributed by atoms with van der Waals surface area (Å²) in [7, 11) is -3.13. The molecule has 8 heteroatoms. The molecule has 1 saturated heterocycles. The van der Waals surface area contributed by atoms with Gasteiger partial charge in [0, 0.05) is 24.1 Å². The molecule has 30 heavy (non-hydrogen) atoms. The molecule has 2 fully saturated rings. The predicted octanol–water partition coefficient (Wildman–Crippen LogP) is 2.54. The van der Waals surface area contributed by atoms with Gasteiger partial charge in [0.05, 0.1) is 17.9 Å². The monoisotopic (exact) mass is 435 g/mol. The average molecular weight is 436 g/mol. The lowest BCUT2D eigenvalue weighted by Crippen LogP contribution is -2.50. The molecule has 3 rings (SSSR count). The maximum atomic E-state index is 12.9. The lowest BCUT2D eigenvalue weighted by Gasteiger charge is -2.38. The molecular weight excluding hydrogens is 406 g/mol. The number of amides is 1. The molecule has 0 N–H and O–H groups in total. The highest BCUT2D eigenvalue weighted by Crippen LogP contribution is 2.28. The van der Waals surface area contributed by atoms with Crippen LogP contribution in [0.1, 0.15) is 61.7 Å². The van der Waals surface area contributed by atoms with E-state index < -0.39 is 22.4 Å². The van der Waals surface area contributed by atoms with Gasteiger partial charge in [-0.25, -0.2) is 8.42 Å². The van der Waals surface area contributed by atoms with Crippen LogP contribution in [0.25, 0.3) is 0 Å². The summed E-state index contributed by atoms with van der Waals surface area (Å²) in [6.07, 6.45) is 5.19. The molecule has 1 aliphatic heterocycles. The Morgan fingerprint density at radius 1 is 0.933 bits per heavy atom. The van der Waals surface area contributed by atoms with E-state index in [-0.39, 0.29) is 48.1 Å². The van der Waals surface area contributed by atoms with Crippen molar-refractivity contribution in [1.82, 2.24) is 4.90 Å². The molecule has 1 aliphatic carbocycles. The number of nitrogens with zero attached hydrogens (tertiary/aromatic N) is 1. The molecule has 2 aliphatic rings. The third kappa shape index (κ3) is 6.14. The lowest BCUT2D eigenvalue weighted by molar-refractivity contribution is -0.154. The molecule has 1 aromatic rings. The first kappa shape index (κ1) is 22.5. The molecule has 164 valence electrons. The quantitative estimate of drug-likeness (QED) is 0.460. The van der Waals surface area contributed by atoms with Crippen molar-refractivity contribution in [2.75, 3.05) is 18.1 Å². The van der Waals surface area contributed by atoms with E-state index in [0.717, 1.165) is 32.1 Å². The van der Waals surface area contributed by atoms with Gasteiger partial charge in [-0.05, 0) is 19.3 Å². The number of esters is 1. The van der Waals surface area contributed by atoms with Gasteiger partial charge in [-0.2, -0.15) is 0 Å². The molecule has 0 spiro atoms. The van der Waals surface area contributed by atoms with Crippen LogP contribution in [-0.2, 0) is 24.2 Å². The lowest BCUT2D eigenvalue weighted by atomic mass is 9.93. The third-order valence-electron chi connectivity index (χ3n) is 5.87. The Hall–Kier alpha value is -2.22. The number of ketones is 1. The molecule has 7 nitrogen and oxygen atoms in total. The maximum Gasteiger partial charge on any atom is 0.306 e. The Kier molecular flexibility index (Phi) is 7.64. The zero-order chi connectivity index (χ0) is 21.6. The predicted molar refractivity (Wildman–Crippen MR) is 112 cm³/mol.